The molecule has 0 heterocycles. The van der Waals surface area contributed by atoms with Crippen LogP contribution in [0.4, 0.5) is 0 Å². The van der Waals surface area contributed by atoms with Gasteiger partial charge in [-0.3, -0.25) is 0 Å². The fourth-order valence-electron chi connectivity index (χ4n) is 2.96. The minimum absolute atomic E-state index is 0.0593. The summed E-state index contributed by atoms with van der Waals surface area (Å²) in [5.41, 5.74) is 1.27. The molecule has 0 bridgehead atoms. The summed E-state index contributed by atoms with van der Waals surface area (Å²) in [6.45, 7) is 6.89. The molecule has 1 atom stereocenters. The van der Waals surface area contributed by atoms with Crippen LogP contribution in [-0.4, -0.2) is 28.9 Å². The van der Waals surface area contributed by atoms with E-state index in [4.69, 9.17) is 0 Å². The van der Waals surface area contributed by atoms with Crippen molar-refractivity contribution < 1.29 is 10.2 Å². The molecule has 1 aromatic carbocycles. The van der Waals surface area contributed by atoms with E-state index < -0.39 is 0 Å². The molecule has 3 N–H and O–H groups in total. The molecule has 1 aliphatic carbocycles. The van der Waals surface area contributed by atoms with Gasteiger partial charge in [-0.2, -0.15) is 0 Å². The Bertz CT molecular complexity index is 428. The fourth-order valence-corrected chi connectivity index (χ4v) is 2.96. The van der Waals surface area contributed by atoms with Crippen LogP contribution in [0.2, 0.25) is 0 Å². The van der Waals surface area contributed by atoms with Crippen molar-refractivity contribution in [1.82, 2.24) is 5.32 Å². The highest BCUT2D eigenvalue weighted by Crippen LogP contribution is 2.33. The van der Waals surface area contributed by atoms with Crippen LogP contribution in [0.15, 0.2) is 24.3 Å². The molecule has 0 aromatic heterocycles. The van der Waals surface area contributed by atoms with Gasteiger partial charge in [0.15, 0.2) is 0 Å². The van der Waals surface area contributed by atoms with Crippen LogP contribution in [-0.2, 0) is 0 Å². The molecule has 1 unspecified atom stereocenters. The summed E-state index contributed by atoms with van der Waals surface area (Å²) in [7, 11) is 0. The summed E-state index contributed by atoms with van der Waals surface area (Å²) in [6, 6.07) is 8.16. The smallest absolute Gasteiger partial charge is 0.115 e. The number of rotatable bonds is 4. The van der Waals surface area contributed by atoms with E-state index >= 15 is 0 Å². The second-order valence-corrected chi connectivity index (χ2v) is 7.43. The Kier molecular flexibility index (Phi) is 5.28. The first kappa shape index (κ1) is 16.3. The summed E-state index contributed by atoms with van der Waals surface area (Å²) in [6.07, 6.45) is 4.36. The van der Waals surface area contributed by atoms with E-state index in [0.717, 1.165) is 12.8 Å². The number of phenolic OH excluding ortho intramolecular Hbond substituents is 1. The Hall–Kier alpha value is -1.06. The Morgan fingerprint density at radius 2 is 1.67 bits per heavy atom. The maximum atomic E-state index is 10.1. The molecule has 2 rings (SSSR count). The molecule has 3 heteroatoms. The quantitative estimate of drug-likeness (QED) is 0.797. The molecule has 21 heavy (non-hydrogen) atoms. The number of aromatic hydroxyl groups is 1. The highest BCUT2D eigenvalue weighted by Gasteiger charge is 2.25. The average Bonchev–Trinajstić information content (AvgIpc) is 2.45. The standard InChI is InChI=1S/C18H29NO2/c1-18(2,3)17(21)12-19-15-8-4-13(5-9-15)14-6-10-16(20)11-7-14/h6-7,10-11,13,15,17,19-21H,4-5,8-9,12H2,1-3H3. The van der Waals surface area contributed by atoms with E-state index in [1.807, 2.05) is 12.1 Å². The third-order valence-corrected chi connectivity index (χ3v) is 4.69. The molecule has 1 aliphatic rings. The van der Waals surface area contributed by atoms with Crippen molar-refractivity contribution in [2.45, 2.75) is 64.5 Å². The van der Waals surface area contributed by atoms with Crippen LogP contribution in [0, 0.1) is 5.41 Å². The maximum Gasteiger partial charge on any atom is 0.115 e. The molecule has 3 nitrogen and oxygen atoms in total. The van der Waals surface area contributed by atoms with Crippen molar-refractivity contribution in [2.75, 3.05) is 6.54 Å². The van der Waals surface area contributed by atoms with Gasteiger partial charge in [-0.1, -0.05) is 32.9 Å². The average molecular weight is 291 g/mol. The molecule has 0 saturated heterocycles. The monoisotopic (exact) mass is 291 g/mol. The number of aliphatic hydroxyl groups is 1. The zero-order valence-electron chi connectivity index (χ0n) is 13.5. The summed E-state index contributed by atoms with van der Waals surface area (Å²) < 4.78 is 0. The van der Waals surface area contributed by atoms with Gasteiger partial charge in [0, 0.05) is 12.6 Å². The highest BCUT2D eigenvalue weighted by atomic mass is 16.3. The third kappa shape index (κ3) is 4.72. The lowest BCUT2D eigenvalue weighted by atomic mass is 9.81. The van der Waals surface area contributed by atoms with E-state index in [1.54, 1.807) is 12.1 Å². The van der Waals surface area contributed by atoms with Gasteiger partial charge < -0.3 is 15.5 Å². The molecule has 1 saturated carbocycles. The normalized spacial score (nSPS) is 24.8. The van der Waals surface area contributed by atoms with Crippen LogP contribution in [0.25, 0.3) is 0 Å². The second-order valence-electron chi connectivity index (χ2n) is 7.43. The molecule has 118 valence electrons. The van der Waals surface area contributed by atoms with E-state index in [-0.39, 0.29) is 11.5 Å². The molecular weight excluding hydrogens is 262 g/mol. The van der Waals surface area contributed by atoms with Gasteiger partial charge >= 0.3 is 0 Å². The predicted molar refractivity (Wildman–Crippen MR) is 86.6 cm³/mol. The van der Waals surface area contributed by atoms with E-state index in [0.29, 0.717) is 24.3 Å². The summed E-state index contributed by atoms with van der Waals surface area (Å²) in [4.78, 5) is 0. The number of phenols is 1. The first-order valence-electron chi connectivity index (χ1n) is 8.06. The minimum atomic E-state index is -0.299. The van der Waals surface area contributed by atoms with Crippen molar-refractivity contribution in [1.29, 1.82) is 0 Å². The van der Waals surface area contributed by atoms with Gasteiger partial charge in [-0.25, -0.2) is 0 Å². The Labute approximate surface area is 128 Å². The lowest BCUT2D eigenvalue weighted by Gasteiger charge is -2.32. The van der Waals surface area contributed by atoms with Gasteiger partial charge in [0.05, 0.1) is 6.10 Å². The van der Waals surface area contributed by atoms with E-state index in [1.165, 1.54) is 18.4 Å². The molecule has 1 aromatic rings. The highest BCUT2D eigenvalue weighted by molar-refractivity contribution is 5.28. The lowest BCUT2D eigenvalue weighted by molar-refractivity contribution is 0.0589. The maximum absolute atomic E-state index is 10.1. The second kappa shape index (κ2) is 6.80. The lowest BCUT2D eigenvalue weighted by Crippen LogP contribution is -2.42. The van der Waals surface area contributed by atoms with Crippen molar-refractivity contribution in [3.8, 4) is 5.75 Å². The Morgan fingerprint density at radius 3 is 2.19 bits per heavy atom. The summed E-state index contributed by atoms with van der Waals surface area (Å²) >= 11 is 0. The number of benzene rings is 1. The first-order valence-corrected chi connectivity index (χ1v) is 8.06. The van der Waals surface area contributed by atoms with Crippen LogP contribution in [0.1, 0.15) is 57.9 Å². The molecule has 0 aliphatic heterocycles. The van der Waals surface area contributed by atoms with Gasteiger partial charge in [0.25, 0.3) is 0 Å². The van der Waals surface area contributed by atoms with Crippen molar-refractivity contribution in [3.63, 3.8) is 0 Å². The molecule has 1 fully saturated rings. The van der Waals surface area contributed by atoms with Crippen molar-refractivity contribution in [2.24, 2.45) is 5.41 Å². The number of nitrogens with one attached hydrogen (secondary N) is 1. The zero-order valence-corrected chi connectivity index (χ0v) is 13.5. The van der Waals surface area contributed by atoms with Crippen LogP contribution in [0.5, 0.6) is 5.75 Å². The number of aliphatic hydroxyl groups excluding tert-OH is 1. The molecular formula is C18H29NO2. The summed E-state index contributed by atoms with van der Waals surface area (Å²) in [5.74, 6) is 0.946. The largest absolute Gasteiger partial charge is 0.508 e. The summed E-state index contributed by atoms with van der Waals surface area (Å²) in [5, 5.41) is 23.0. The number of hydrogen-bond donors (Lipinski definition) is 3. The molecule has 0 spiro atoms. The van der Waals surface area contributed by atoms with Crippen LogP contribution in [0.3, 0.4) is 0 Å². The van der Waals surface area contributed by atoms with E-state index in [2.05, 4.69) is 26.1 Å². The third-order valence-electron chi connectivity index (χ3n) is 4.69. The van der Waals surface area contributed by atoms with E-state index in [9.17, 15) is 10.2 Å². The van der Waals surface area contributed by atoms with Crippen LogP contribution < -0.4 is 5.32 Å². The van der Waals surface area contributed by atoms with Crippen molar-refractivity contribution in [3.05, 3.63) is 29.8 Å². The molecule has 0 radical (unpaired) electrons. The Morgan fingerprint density at radius 1 is 1.10 bits per heavy atom. The van der Waals surface area contributed by atoms with Crippen LogP contribution >= 0.6 is 0 Å². The molecule has 0 amide bonds. The number of hydrogen-bond acceptors (Lipinski definition) is 3. The Balaban J connectivity index is 1.77. The zero-order chi connectivity index (χ0) is 15.5. The topological polar surface area (TPSA) is 52.5 Å². The predicted octanol–water partition coefficient (Wildman–Crippen LogP) is 3.42. The fraction of sp³-hybridized carbons (Fsp3) is 0.667. The first-order chi connectivity index (χ1) is 9.86. The van der Waals surface area contributed by atoms with Gasteiger partial charge in [0.2, 0.25) is 0 Å². The van der Waals surface area contributed by atoms with Gasteiger partial charge in [-0.05, 0) is 54.7 Å². The SMILES string of the molecule is CC(C)(C)C(O)CNC1CCC(c2ccc(O)cc2)CC1. The van der Waals surface area contributed by atoms with Gasteiger partial charge in [0.1, 0.15) is 5.75 Å². The minimum Gasteiger partial charge on any atom is -0.508 e. The van der Waals surface area contributed by atoms with Crippen molar-refractivity contribution >= 4 is 0 Å². The van der Waals surface area contributed by atoms with Gasteiger partial charge in [-0.15, -0.1) is 0 Å².